The molecule has 8 heteroatoms. The lowest BCUT2D eigenvalue weighted by atomic mass is 10.1. The van der Waals surface area contributed by atoms with Crippen molar-refractivity contribution in [1.29, 1.82) is 0 Å². The molecule has 0 bridgehead atoms. The van der Waals surface area contributed by atoms with Crippen LogP contribution in [0.3, 0.4) is 0 Å². The predicted octanol–water partition coefficient (Wildman–Crippen LogP) is 4.38. The zero-order chi connectivity index (χ0) is 18.1. The van der Waals surface area contributed by atoms with Crippen LogP contribution in [0.5, 0.6) is 5.75 Å². The SMILES string of the molecule is Cc1cc(=O)oc2cc(OCc3c(F)cccc3Cl)c([N+](=O)[O-])cc12. The summed E-state index contributed by atoms with van der Waals surface area (Å²) in [5.41, 5.74) is -0.147. The molecule has 0 radical (unpaired) electrons. The Morgan fingerprint density at radius 3 is 2.76 bits per heavy atom. The molecular formula is C17H11ClFNO5. The van der Waals surface area contributed by atoms with Crippen molar-refractivity contribution in [2.45, 2.75) is 13.5 Å². The van der Waals surface area contributed by atoms with E-state index in [2.05, 4.69) is 0 Å². The van der Waals surface area contributed by atoms with Crippen molar-refractivity contribution in [3.05, 3.63) is 78.9 Å². The van der Waals surface area contributed by atoms with Gasteiger partial charge in [0.05, 0.1) is 9.95 Å². The average molecular weight is 364 g/mol. The Morgan fingerprint density at radius 2 is 2.08 bits per heavy atom. The topological polar surface area (TPSA) is 82.6 Å². The minimum absolute atomic E-state index is 0.0734. The summed E-state index contributed by atoms with van der Waals surface area (Å²) in [7, 11) is 0. The van der Waals surface area contributed by atoms with Gasteiger partial charge >= 0.3 is 11.3 Å². The zero-order valence-electron chi connectivity index (χ0n) is 12.9. The fraction of sp³-hybridized carbons (Fsp3) is 0.118. The third-order valence-corrected chi connectivity index (χ3v) is 4.02. The smallest absolute Gasteiger partial charge is 0.336 e. The maximum Gasteiger partial charge on any atom is 0.336 e. The maximum atomic E-state index is 13.8. The molecule has 0 spiro atoms. The average Bonchev–Trinajstić information content (AvgIpc) is 2.53. The number of rotatable bonds is 4. The second-order valence-electron chi connectivity index (χ2n) is 5.31. The molecule has 0 aliphatic rings. The van der Waals surface area contributed by atoms with Crippen LogP contribution in [0.15, 0.2) is 45.6 Å². The number of nitrogens with zero attached hydrogens (tertiary/aromatic N) is 1. The van der Waals surface area contributed by atoms with Crippen LogP contribution in [0.4, 0.5) is 10.1 Å². The van der Waals surface area contributed by atoms with Gasteiger partial charge in [-0.05, 0) is 24.6 Å². The number of nitro benzene ring substituents is 1. The Bertz CT molecular complexity index is 1030. The molecule has 25 heavy (non-hydrogen) atoms. The zero-order valence-corrected chi connectivity index (χ0v) is 13.7. The summed E-state index contributed by atoms with van der Waals surface area (Å²) in [4.78, 5) is 22.2. The third kappa shape index (κ3) is 3.32. The highest BCUT2D eigenvalue weighted by Crippen LogP contribution is 2.34. The minimum Gasteiger partial charge on any atom is -0.482 e. The van der Waals surface area contributed by atoms with Crippen LogP contribution in [0.1, 0.15) is 11.1 Å². The summed E-state index contributed by atoms with van der Waals surface area (Å²) >= 11 is 5.92. The van der Waals surface area contributed by atoms with E-state index in [1.54, 1.807) is 6.92 Å². The molecule has 0 saturated carbocycles. The number of hydrogen-bond donors (Lipinski definition) is 0. The first-order chi connectivity index (χ1) is 11.9. The van der Waals surface area contributed by atoms with E-state index >= 15 is 0 Å². The number of nitro groups is 1. The van der Waals surface area contributed by atoms with Crippen molar-refractivity contribution in [3.63, 3.8) is 0 Å². The van der Waals surface area contributed by atoms with Gasteiger partial charge in [-0.3, -0.25) is 10.1 Å². The molecule has 1 heterocycles. The lowest BCUT2D eigenvalue weighted by Gasteiger charge is -2.10. The molecule has 2 aromatic carbocycles. The van der Waals surface area contributed by atoms with Gasteiger partial charge in [-0.25, -0.2) is 9.18 Å². The van der Waals surface area contributed by atoms with E-state index < -0.39 is 16.4 Å². The largest absolute Gasteiger partial charge is 0.482 e. The molecule has 0 atom stereocenters. The minimum atomic E-state index is -0.623. The van der Waals surface area contributed by atoms with Crippen molar-refractivity contribution < 1.29 is 18.5 Å². The molecule has 0 N–H and O–H groups in total. The fourth-order valence-electron chi connectivity index (χ4n) is 2.41. The van der Waals surface area contributed by atoms with Gasteiger partial charge in [0.25, 0.3) is 0 Å². The predicted molar refractivity (Wildman–Crippen MR) is 89.6 cm³/mol. The molecule has 0 unspecified atom stereocenters. The Labute approximate surface area is 145 Å². The Balaban J connectivity index is 2.07. The van der Waals surface area contributed by atoms with Gasteiger partial charge in [-0.2, -0.15) is 0 Å². The van der Waals surface area contributed by atoms with Gasteiger partial charge in [-0.1, -0.05) is 17.7 Å². The second-order valence-corrected chi connectivity index (χ2v) is 5.72. The van der Waals surface area contributed by atoms with Crippen LogP contribution in [0, 0.1) is 22.9 Å². The van der Waals surface area contributed by atoms with E-state index in [4.69, 9.17) is 20.8 Å². The second kappa shape index (κ2) is 6.52. The van der Waals surface area contributed by atoms with Crippen LogP contribution in [0.2, 0.25) is 5.02 Å². The number of benzene rings is 2. The lowest BCUT2D eigenvalue weighted by Crippen LogP contribution is -2.03. The van der Waals surface area contributed by atoms with Gasteiger partial charge in [0.15, 0.2) is 0 Å². The quantitative estimate of drug-likeness (QED) is 0.390. The summed E-state index contributed by atoms with van der Waals surface area (Å²) in [6, 6.07) is 7.88. The number of aryl methyl sites for hydroxylation is 1. The molecule has 0 saturated heterocycles. The van der Waals surface area contributed by atoms with Gasteiger partial charge in [0.2, 0.25) is 5.75 Å². The molecule has 3 rings (SSSR count). The van der Waals surface area contributed by atoms with E-state index in [9.17, 15) is 19.3 Å². The van der Waals surface area contributed by atoms with E-state index in [0.29, 0.717) is 10.9 Å². The summed E-state index contributed by atoms with van der Waals surface area (Å²) < 4.78 is 24.3. The number of fused-ring (bicyclic) bond motifs is 1. The van der Waals surface area contributed by atoms with Gasteiger partial charge < -0.3 is 9.15 Å². The Hall–Kier alpha value is -2.93. The summed E-state index contributed by atoms with van der Waals surface area (Å²) in [5, 5.41) is 11.9. The molecule has 3 aromatic rings. The first kappa shape index (κ1) is 16.9. The van der Waals surface area contributed by atoms with Crippen molar-refractivity contribution in [2.24, 2.45) is 0 Å². The molecule has 128 valence electrons. The van der Waals surface area contributed by atoms with Crippen LogP contribution < -0.4 is 10.4 Å². The first-order valence-corrected chi connectivity index (χ1v) is 7.53. The molecule has 0 aliphatic heterocycles. The van der Waals surface area contributed by atoms with E-state index in [1.807, 2.05) is 0 Å². The Kier molecular flexibility index (Phi) is 4.41. The summed E-state index contributed by atoms with van der Waals surface area (Å²) in [6.45, 7) is 1.33. The third-order valence-electron chi connectivity index (χ3n) is 3.66. The molecule has 6 nitrogen and oxygen atoms in total. The van der Waals surface area contributed by atoms with Crippen LogP contribution in [-0.4, -0.2) is 4.92 Å². The van der Waals surface area contributed by atoms with Crippen molar-refractivity contribution in [3.8, 4) is 5.75 Å². The molecule has 0 fully saturated rings. The van der Waals surface area contributed by atoms with Crippen LogP contribution in [0.25, 0.3) is 11.0 Å². The van der Waals surface area contributed by atoms with Crippen molar-refractivity contribution in [2.75, 3.05) is 0 Å². The van der Waals surface area contributed by atoms with Gasteiger partial charge in [0.1, 0.15) is 18.0 Å². The highest BCUT2D eigenvalue weighted by molar-refractivity contribution is 6.31. The van der Waals surface area contributed by atoms with E-state index in [-0.39, 0.29) is 34.2 Å². The van der Waals surface area contributed by atoms with Crippen molar-refractivity contribution in [1.82, 2.24) is 0 Å². The monoisotopic (exact) mass is 363 g/mol. The highest BCUT2D eigenvalue weighted by atomic mass is 35.5. The summed E-state index contributed by atoms with van der Waals surface area (Å²) in [5.74, 6) is -0.733. The highest BCUT2D eigenvalue weighted by Gasteiger charge is 2.20. The number of hydrogen-bond acceptors (Lipinski definition) is 5. The fourth-order valence-corrected chi connectivity index (χ4v) is 2.63. The van der Waals surface area contributed by atoms with Gasteiger partial charge in [0, 0.05) is 29.1 Å². The lowest BCUT2D eigenvalue weighted by molar-refractivity contribution is -0.385. The van der Waals surface area contributed by atoms with E-state index in [1.165, 1.54) is 36.4 Å². The molecule has 0 aliphatic carbocycles. The maximum absolute atomic E-state index is 13.8. The molecule has 1 aromatic heterocycles. The van der Waals surface area contributed by atoms with Gasteiger partial charge in [-0.15, -0.1) is 0 Å². The normalized spacial score (nSPS) is 10.8. The summed E-state index contributed by atoms with van der Waals surface area (Å²) in [6.07, 6.45) is 0. The standard InChI is InChI=1S/C17H11ClFNO5/c1-9-5-17(21)25-15-7-16(14(20(22)23)6-10(9)15)24-8-11-12(18)3-2-4-13(11)19/h2-7H,8H2,1H3. The van der Waals surface area contributed by atoms with Crippen LogP contribution >= 0.6 is 11.6 Å². The Morgan fingerprint density at radius 1 is 1.32 bits per heavy atom. The van der Waals surface area contributed by atoms with Crippen LogP contribution in [-0.2, 0) is 6.61 Å². The number of halogens is 2. The van der Waals surface area contributed by atoms with E-state index in [0.717, 1.165) is 0 Å². The van der Waals surface area contributed by atoms with Crippen molar-refractivity contribution >= 4 is 28.3 Å². The first-order valence-electron chi connectivity index (χ1n) is 7.15. The number of ether oxygens (including phenoxy) is 1. The molecular weight excluding hydrogens is 353 g/mol. The molecule has 0 amide bonds.